The van der Waals surface area contributed by atoms with Gasteiger partial charge in [0.25, 0.3) is 5.91 Å². The molecule has 0 bridgehead atoms. The number of rotatable bonds is 8. The highest BCUT2D eigenvalue weighted by Crippen LogP contribution is 2.30. The Labute approximate surface area is 176 Å². The highest BCUT2D eigenvalue weighted by Gasteiger charge is 2.30. The summed E-state index contributed by atoms with van der Waals surface area (Å²) in [6, 6.07) is 17.0. The van der Waals surface area contributed by atoms with Crippen LogP contribution in [-0.4, -0.2) is 33.0 Å². The molecule has 30 heavy (non-hydrogen) atoms. The quantitative estimate of drug-likeness (QED) is 0.614. The van der Waals surface area contributed by atoms with Crippen LogP contribution in [0.2, 0.25) is 0 Å². The third-order valence-corrected chi connectivity index (χ3v) is 5.66. The Morgan fingerprint density at radius 1 is 1.10 bits per heavy atom. The van der Waals surface area contributed by atoms with Crippen LogP contribution in [-0.2, 0) is 13.1 Å². The first-order valence-electron chi connectivity index (χ1n) is 10.7. The summed E-state index contributed by atoms with van der Waals surface area (Å²) >= 11 is 0. The minimum Gasteiger partial charge on any atom is -0.349 e. The molecule has 6 heteroatoms. The molecule has 1 aromatic heterocycles. The van der Waals surface area contributed by atoms with Gasteiger partial charge in [-0.1, -0.05) is 41.1 Å². The van der Waals surface area contributed by atoms with Gasteiger partial charge in [-0.05, 0) is 56.4 Å². The Morgan fingerprint density at radius 2 is 1.90 bits per heavy atom. The average molecular weight is 402 g/mol. The fraction of sp³-hybridized carbons (Fsp3) is 0.375. The summed E-state index contributed by atoms with van der Waals surface area (Å²) in [5.74, 6) is 1.30. The van der Waals surface area contributed by atoms with Crippen molar-refractivity contribution in [2.24, 2.45) is 0 Å². The second-order valence-corrected chi connectivity index (χ2v) is 8.46. The van der Waals surface area contributed by atoms with Gasteiger partial charge in [-0.15, -0.1) is 0 Å². The summed E-state index contributed by atoms with van der Waals surface area (Å²) < 4.78 is 5.54. The maximum Gasteiger partial charge on any atom is 0.251 e. The van der Waals surface area contributed by atoms with Crippen molar-refractivity contribution in [3.05, 3.63) is 71.1 Å². The van der Waals surface area contributed by atoms with Gasteiger partial charge in [0, 0.05) is 29.8 Å². The van der Waals surface area contributed by atoms with Crippen molar-refractivity contribution in [3.8, 4) is 11.4 Å². The molecule has 2 saturated carbocycles. The van der Waals surface area contributed by atoms with Crippen LogP contribution in [0.3, 0.4) is 0 Å². The van der Waals surface area contributed by atoms with Gasteiger partial charge in [-0.2, -0.15) is 4.98 Å². The minimum atomic E-state index is 0.0256. The van der Waals surface area contributed by atoms with Crippen LogP contribution in [0.1, 0.15) is 53.1 Å². The molecule has 0 saturated heterocycles. The van der Waals surface area contributed by atoms with Gasteiger partial charge in [0.05, 0.1) is 6.54 Å². The fourth-order valence-corrected chi connectivity index (χ4v) is 3.64. The van der Waals surface area contributed by atoms with Gasteiger partial charge < -0.3 is 9.84 Å². The summed E-state index contributed by atoms with van der Waals surface area (Å²) in [5, 5.41) is 7.20. The maximum atomic E-state index is 12.2. The van der Waals surface area contributed by atoms with E-state index in [1.54, 1.807) is 0 Å². The molecule has 3 aromatic rings. The number of nitrogens with one attached hydrogen (secondary N) is 1. The predicted molar refractivity (Wildman–Crippen MR) is 114 cm³/mol. The molecule has 2 aromatic carbocycles. The van der Waals surface area contributed by atoms with Crippen molar-refractivity contribution in [1.29, 1.82) is 0 Å². The summed E-state index contributed by atoms with van der Waals surface area (Å²) in [4.78, 5) is 19.2. The molecule has 0 radical (unpaired) electrons. The van der Waals surface area contributed by atoms with Gasteiger partial charge in [-0.25, -0.2) is 0 Å². The normalized spacial score (nSPS) is 16.1. The monoisotopic (exact) mass is 402 g/mol. The fourth-order valence-electron chi connectivity index (χ4n) is 3.64. The first kappa shape index (κ1) is 19.0. The lowest BCUT2D eigenvalue weighted by Gasteiger charge is -2.20. The highest BCUT2D eigenvalue weighted by atomic mass is 16.5. The molecule has 0 aliphatic heterocycles. The van der Waals surface area contributed by atoms with Crippen molar-refractivity contribution < 1.29 is 9.32 Å². The molecule has 1 heterocycles. The number of hydrogen-bond acceptors (Lipinski definition) is 5. The second kappa shape index (κ2) is 8.03. The Hall–Kier alpha value is -2.99. The van der Waals surface area contributed by atoms with E-state index in [-0.39, 0.29) is 5.91 Å². The number of carbonyl (C=O) groups excluding carboxylic acids is 1. The molecule has 1 N–H and O–H groups in total. The first-order valence-corrected chi connectivity index (χ1v) is 10.7. The Kier molecular flexibility index (Phi) is 5.09. The molecular weight excluding hydrogens is 376 g/mol. The molecule has 0 atom stereocenters. The van der Waals surface area contributed by atoms with E-state index >= 15 is 0 Å². The summed E-state index contributed by atoms with van der Waals surface area (Å²) in [7, 11) is 0. The van der Waals surface area contributed by atoms with Gasteiger partial charge in [0.15, 0.2) is 0 Å². The van der Waals surface area contributed by atoms with Crippen molar-refractivity contribution in [2.75, 3.05) is 0 Å². The van der Waals surface area contributed by atoms with Crippen molar-refractivity contribution in [1.82, 2.24) is 20.4 Å². The van der Waals surface area contributed by atoms with Gasteiger partial charge >= 0.3 is 0 Å². The largest absolute Gasteiger partial charge is 0.349 e. The molecule has 0 spiro atoms. The van der Waals surface area contributed by atoms with E-state index in [9.17, 15) is 4.79 Å². The molecule has 154 valence electrons. The Balaban J connectivity index is 1.24. The van der Waals surface area contributed by atoms with Crippen molar-refractivity contribution in [3.63, 3.8) is 0 Å². The first-order chi connectivity index (χ1) is 14.6. The third kappa shape index (κ3) is 4.60. The van der Waals surface area contributed by atoms with E-state index in [0.717, 1.165) is 30.5 Å². The standard InChI is InChI=1S/C24H26N4O2/c1-16-3-2-4-19(13-16)23-26-22(30-27-23)15-28(21-11-12-21)14-17-5-7-18(8-6-17)24(29)25-20-9-10-20/h2-8,13,20-21H,9-12,14-15H2,1H3,(H,25,29). The van der Waals surface area contributed by atoms with E-state index in [2.05, 4.69) is 39.4 Å². The van der Waals surface area contributed by atoms with E-state index in [1.807, 2.05) is 36.4 Å². The number of carbonyl (C=O) groups is 1. The number of benzene rings is 2. The summed E-state index contributed by atoms with van der Waals surface area (Å²) in [6.07, 6.45) is 4.59. The maximum absolute atomic E-state index is 12.2. The average Bonchev–Trinajstić information content (AvgIpc) is 3.68. The van der Waals surface area contributed by atoms with Crippen LogP contribution >= 0.6 is 0 Å². The van der Waals surface area contributed by atoms with Crippen LogP contribution in [0.15, 0.2) is 53.1 Å². The zero-order valence-corrected chi connectivity index (χ0v) is 17.2. The smallest absolute Gasteiger partial charge is 0.251 e. The molecule has 2 fully saturated rings. The molecule has 6 nitrogen and oxygen atoms in total. The van der Waals surface area contributed by atoms with Gasteiger partial charge in [-0.3, -0.25) is 9.69 Å². The molecule has 1 amide bonds. The Bertz CT molecular complexity index is 1040. The lowest BCUT2D eigenvalue weighted by molar-refractivity contribution is 0.0951. The zero-order chi connectivity index (χ0) is 20.5. The van der Waals surface area contributed by atoms with Gasteiger partial charge in [0.2, 0.25) is 11.7 Å². The van der Waals surface area contributed by atoms with Crippen LogP contribution in [0.25, 0.3) is 11.4 Å². The van der Waals surface area contributed by atoms with Crippen LogP contribution in [0.5, 0.6) is 0 Å². The van der Waals surface area contributed by atoms with E-state index in [0.29, 0.717) is 30.3 Å². The summed E-state index contributed by atoms with van der Waals surface area (Å²) in [6.45, 7) is 3.49. The molecule has 0 unspecified atom stereocenters. The molecule has 5 rings (SSSR count). The number of amides is 1. The van der Waals surface area contributed by atoms with Crippen molar-refractivity contribution >= 4 is 5.91 Å². The number of hydrogen-bond donors (Lipinski definition) is 1. The third-order valence-electron chi connectivity index (χ3n) is 5.66. The second-order valence-electron chi connectivity index (χ2n) is 8.46. The molecule has 2 aliphatic rings. The topological polar surface area (TPSA) is 71.3 Å². The van der Waals surface area contributed by atoms with Crippen LogP contribution in [0, 0.1) is 6.92 Å². The van der Waals surface area contributed by atoms with Crippen LogP contribution < -0.4 is 5.32 Å². The van der Waals surface area contributed by atoms with Gasteiger partial charge in [0.1, 0.15) is 0 Å². The zero-order valence-electron chi connectivity index (χ0n) is 17.2. The SMILES string of the molecule is Cc1cccc(-c2noc(CN(Cc3ccc(C(=O)NC4CC4)cc3)C3CC3)n2)c1. The number of aryl methyl sites for hydroxylation is 1. The molecular formula is C24H26N4O2. The molecule has 2 aliphatic carbocycles. The van der Waals surface area contributed by atoms with E-state index < -0.39 is 0 Å². The minimum absolute atomic E-state index is 0.0256. The van der Waals surface area contributed by atoms with Crippen LogP contribution in [0.4, 0.5) is 0 Å². The lowest BCUT2D eigenvalue weighted by Crippen LogP contribution is -2.26. The number of nitrogens with zero attached hydrogens (tertiary/aromatic N) is 3. The predicted octanol–water partition coefficient (Wildman–Crippen LogP) is 4.10. The van der Waals surface area contributed by atoms with E-state index in [4.69, 9.17) is 4.52 Å². The summed E-state index contributed by atoms with van der Waals surface area (Å²) in [5.41, 5.74) is 4.06. The Morgan fingerprint density at radius 3 is 2.60 bits per heavy atom. The van der Waals surface area contributed by atoms with E-state index in [1.165, 1.54) is 24.0 Å². The highest BCUT2D eigenvalue weighted by molar-refractivity contribution is 5.94. The van der Waals surface area contributed by atoms with Crippen molar-refractivity contribution in [2.45, 2.75) is 57.8 Å². The number of aromatic nitrogens is 2. The lowest BCUT2D eigenvalue weighted by atomic mass is 10.1.